The first-order chi connectivity index (χ1) is 10.0. The molecule has 3 rings (SSSR count). The minimum absolute atomic E-state index is 0. The summed E-state index contributed by atoms with van der Waals surface area (Å²) in [7, 11) is 0. The van der Waals surface area contributed by atoms with Crippen LogP contribution in [-0.2, 0) is 25.6 Å². The number of benzene rings is 2. The summed E-state index contributed by atoms with van der Waals surface area (Å²) in [6, 6.07) is 16.1. The van der Waals surface area contributed by atoms with E-state index in [9.17, 15) is 4.39 Å². The third kappa shape index (κ3) is 2.78. The quantitative estimate of drug-likeness (QED) is 0.612. The number of nitrogens with zero attached hydrogens (tertiary/aromatic N) is 2. The molecule has 119 valence electrons. The number of para-hydroxylation sites is 2. The molecule has 1 aliphatic heterocycles. The van der Waals surface area contributed by atoms with Gasteiger partial charge in [-0.3, -0.25) is 4.39 Å². The number of hydrogen-bond acceptors (Lipinski definition) is 2. The van der Waals surface area contributed by atoms with Crippen molar-refractivity contribution < 1.29 is 24.5 Å². The number of fused-ring (bicyclic) bond motifs is 1. The fraction of sp³-hybridized carbons (Fsp3) is 0.278. The molecule has 0 fully saturated rings. The number of halogens is 1. The Kier molecular flexibility index (Phi) is 4.93. The van der Waals surface area contributed by atoms with Gasteiger partial charge in [-0.25, -0.2) is 0 Å². The maximum absolute atomic E-state index is 13.1. The van der Waals surface area contributed by atoms with E-state index in [2.05, 4.69) is 61.5 Å². The second-order valence-corrected chi connectivity index (χ2v) is 5.74. The molecule has 2 nitrogen and oxygen atoms in total. The van der Waals surface area contributed by atoms with Crippen molar-refractivity contribution in [1.29, 1.82) is 0 Å². The van der Waals surface area contributed by atoms with Gasteiger partial charge in [-0.2, -0.15) is 18.8 Å². The summed E-state index contributed by atoms with van der Waals surface area (Å²) in [5.41, 5.74) is 3.04. The first-order valence-corrected chi connectivity index (χ1v) is 7.21. The molecular weight excluding hydrogens is 455 g/mol. The molecule has 2 aromatic carbocycles. The van der Waals surface area contributed by atoms with E-state index in [0.29, 0.717) is 0 Å². The van der Waals surface area contributed by atoms with Gasteiger partial charge in [0.25, 0.3) is 0 Å². The Morgan fingerprint density at radius 2 is 1.82 bits per heavy atom. The molecule has 0 saturated carbocycles. The maximum Gasteiger partial charge on any atom is 0.0304 e. The van der Waals surface area contributed by atoms with Crippen LogP contribution in [0.4, 0.5) is 15.8 Å². The molecule has 2 aromatic rings. The SMILES string of the molecule is CCN1[CH-]N(C(C)(C)c2[c-]cc(F)cc2)c2ccccc21.[Ir]. The molecule has 0 amide bonds. The number of hydrogen-bond donors (Lipinski definition) is 0. The molecule has 0 atom stereocenters. The monoisotopic (exact) mass is 475 g/mol. The van der Waals surface area contributed by atoms with Crippen LogP contribution in [0.25, 0.3) is 0 Å². The first-order valence-electron chi connectivity index (χ1n) is 7.21. The Balaban J connectivity index is 0.00000176. The Morgan fingerprint density at radius 3 is 2.41 bits per heavy atom. The van der Waals surface area contributed by atoms with E-state index in [0.717, 1.165) is 12.1 Å². The van der Waals surface area contributed by atoms with Crippen molar-refractivity contribution in [2.75, 3.05) is 16.3 Å². The number of rotatable bonds is 3. The fourth-order valence-corrected chi connectivity index (χ4v) is 2.79. The summed E-state index contributed by atoms with van der Waals surface area (Å²) < 4.78 is 13.1. The van der Waals surface area contributed by atoms with Crippen molar-refractivity contribution in [3.05, 3.63) is 66.6 Å². The van der Waals surface area contributed by atoms with Crippen LogP contribution in [-0.4, -0.2) is 6.54 Å². The average Bonchev–Trinajstić information content (AvgIpc) is 2.87. The molecule has 0 bridgehead atoms. The van der Waals surface area contributed by atoms with Gasteiger partial charge in [0.2, 0.25) is 0 Å². The summed E-state index contributed by atoms with van der Waals surface area (Å²) >= 11 is 0. The normalized spacial score (nSPS) is 13.8. The molecule has 0 aliphatic carbocycles. The van der Waals surface area contributed by atoms with Gasteiger partial charge in [-0.1, -0.05) is 12.1 Å². The van der Waals surface area contributed by atoms with Crippen LogP contribution in [0.3, 0.4) is 0 Å². The van der Waals surface area contributed by atoms with E-state index < -0.39 is 0 Å². The molecule has 1 heterocycles. The van der Waals surface area contributed by atoms with Gasteiger partial charge in [-0.05, 0) is 39.4 Å². The fourth-order valence-electron chi connectivity index (χ4n) is 2.79. The van der Waals surface area contributed by atoms with Crippen LogP contribution in [0.1, 0.15) is 26.3 Å². The van der Waals surface area contributed by atoms with Gasteiger partial charge >= 0.3 is 0 Å². The van der Waals surface area contributed by atoms with E-state index in [1.54, 1.807) is 6.07 Å². The molecule has 0 spiro atoms. The summed E-state index contributed by atoms with van der Waals surface area (Å²) in [6.07, 6.45) is 0. The zero-order valence-corrected chi connectivity index (χ0v) is 15.3. The second-order valence-electron chi connectivity index (χ2n) is 5.74. The van der Waals surface area contributed by atoms with Gasteiger partial charge in [0.1, 0.15) is 0 Å². The molecule has 0 saturated heterocycles. The van der Waals surface area contributed by atoms with Gasteiger partial charge < -0.3 is 9.80 Å². The molecule has 4 heteroatoms. The smallest absolute Gasteiger partial charge is 0.0304 e. The van der Waals surface area contributed by atoms with Gasteiger partial charge in [0.15, 0.2) is 0 Å². The van der Waals surface area contributed by atoms with Crippen molar-refractivity contribution in [2.45, 2.75) is 26.3 Å². The standard InChI is InChI=1S/C18H19FN2.Ir/c1-4-20-13-21(17-8-6-5-7-16(17)20)18(2,3)14-9-11-15(19)12-10-14;/h5-9,11-13H,4H2,1-3H3;/q-2;. The minimum Gasteiger partial charge on any atom is -0.502 e. The predicted octanol–water partition coefficient (Wildman–Crippen LogP) is 4.32. The largest absolute Gasteiger partial charge is 0.502 e. The van der Waals surface area contributed by atoms with Crippen molar-refractivity contribution >= 4 is 11.4 Å². The Hall–Kier alpha value is -1.38. The van der Waals surface area contributed by atoms with E-state index in [-0.39, 0.29) is 31.5 Å². The molecule has 1 aliphatic rings. The zero-order chi connectivity index (χ0) is 15.0. The summed E-state index contributed by atoms with van der Waals surface area (Å²) in [4.78, 5) is 4.45. The van der Waals surface area contributed by atoms with Crippen LogP contribution in [0, 0.1) is 18.6 Å². The van der Waals surface area contributed by atoms with E-state index in [1.165, 1.54) is 23.5 Å². The Bertz CT molecular complexity index is 640. The van der Waals surface area contributed by atoms with Crippen LogP contribution in [0.5, 0.6) is 0 Å². The maximum atomic E-state index is 13.1. The molecule has 0 unspecified atom stereocenters. The van der Waals surface area contributed by atoms with Gasteiger partial charge in [0.05, 0.1) is 0 Å². The Morgan fingerprint density at radius 1 is 1.14 bits per heavy atom. The molecular formula is C18H19FIrN2-2. The average molecular weight is 475 g/mol. The predicted molar refractivity (Wildman–Crippen MR) is 84.5 cm³/mol. The van der Waals surface area contributed by atoms with E-state index >= 15 is 0 Å². The van der Waals surface area contributed by atoms with Crippen molar-refractivity contribution in [3.8, 4) is 0 Å². The third-order valence-corrected chi connectivity index (χ3v) is 4.08. The zero-order valence-electron chi connectivity index (χ0n) is 12.9. The van der Waals surface area contributed by atoms with E-state index in [4.69, 9.17) is 0 Å². The summed E-state index contributed by atoms with van der Waals surface area (Å²) in [5.74, 6) is -0.254. The van der Waals surface area contributed by atoms with Crippen molar-refractivity contribution in [1.82, 2.24) is 0 Å². The van der Waals surface area contributed by atoms with Crippen LogP contribution >= 0.6 is 0 Å². The second kappa shape index (κ2) is 6.39. The third-order valence-electron chi connectivity index (χ3n) is 4.08. The van der Waals surface area contributed by atoms with Crippen LogP contribution in [0.15, 0.2) is 42.5 Å². The first kappa shape index (κ1) is 17.0. The van der Waals surface area contributed by atoms with Crippen LogP contribution in [0.2, 0.25) is 0 Å². The van der Waals surface area contributed by atoms with E-state index in [1.807, 2.05) is 6.07 Å². The molecule has 22 heavy (non-hydrogen) atoms. The topological polar surface area (TPSA) is 6.48 Å². The summed E-state index contributed by atoms with van der Waals surface area (Å²) in [6.45, 7) is 9.43. The number of anilines is 2. The molecule has 1 radical (unpaired) electrons. The molecule has 0 aromatic heterocycles. The van der Waals surface area contributed by atoms with Crippen LogP contribution < -0.4 is 9.80 Å². The molecule has 0 N–H and O–H groups in total. The van der Waals surface area contributed by atoms with Gasteiger partial charge in [0, 0.05) is 42.8 Å². The summed E-state index contributed by atoms with van der Waals surface area (Å²) in [5, 5.41) is 0. The minimum atomic E-state index is -0.298. The van der Waals surface area contributed by atoms with Crippen molar-refractivity contribution in [2.24, 2.45) is 0 Å². The van der Waals surface area contributed by atoms with Gasteiger partial charge in [-0.15, -0.1) is 17.7 Å². The van der Waals surface area contributed by atoms with Crippen molar-refractivity contribution in [3.63, 3.8) is 0 Å². The Labute approximate surface area is 145 Å².